The monoisotopic (exact) mass is 350 g/mol. The Bertz CT molecular complexity index is 716. The Labute approximate surface area is 143 Å². The van der Waals surface area contributed by atoms with E-state index in [1.165, 1.54) is 0 Å². The largest absolute Gasteiger partial charge is 0.464 e. The van der Waals surface area contributed by atoms with Crippen molar-refractivity contribution in [2.75, 3.05) is 12.4 Å². The maximum atomic E-state index is 11.8. The summed E-state index contributed by atoms with van der Waals surface area (Å²) in [5.74, 6) is -2.32. The lowest BCUT2D eigenvalue weighted by atomic mass is 9.89. The molecule has 0 saturated carbocycles. The third-order valence-electron chi connectivity index (χ3n) is 2.98. The minimum absolute atomic E-state index is 0.121. The summed E-state index contributed by atoms with van der Waals surface area (Å²) in [5, 5.41) is 0. The maximum Gasteiger partial charge on any atom is 0.322 e. The number of hydrogen-bond donors (Lipinski definition) is 1. The fraction of sp³-hybridized carbons (Fsp3) is 0.429. The van der Waals surface area contributed by atoms with Crippen LogP contribution in [0.3, 0.4) is 0 Å². The number of esters is 2. The van der Waals surface area contributed by atoms with Gasteiger partial charge in [0.2, 0.25) is 0 Å². The molecule has 1 N–H and O–H groups in total. The zero-order chi connectivity index (χ0) is 18.3. The second kappa shape index (κ2) is 8.89. The fourth-order valence-electron chi connectivity index (χ4n) is 1.92. The second-order valence-electron chi connectivity index (χ2n) is 4.97. The van der Waals surface area contributed by atoms with E-state index in [4.69, 9.17) is 25.0 Å². The molecule has 0 aliphatic carbocycles. The molecule has 0 aromatic heterocycles. The van der Waals surface area contributed by atoms with Gasteiger partial charge >= 0.3 is 11.9 Å². The van der Waals surface area contributed by atoms with Crippen LogP contribution in [0.4, 0.5) is 0 Å². The van der Waals surface area contributed by atoms with E-state index in [0.29, 0.717) is 17.4 Å². The molecule has 1 aromatic carbocycles. The Morgan fingerprint density at radius 2 is 1.83 bits per heavy atom. The molecule has 4 radical (unpaired) electrons. The maximum absolute atomic E-state index is 11.8. The number of rotatable bonds is 8. The first-order valence-electron chi connectivity index (χ1n) is 7.00. The van der Waals surface area contributed by atoms with Crippen LogP contribution in [-0.4, -0.2) is 53.0 Å². The van der Waals surface area contributed by atoms with E-state index in [1.807, 2.05) is 0 Å². The van der Waals surface area contributed by atoms with Gasteiger partial charge in [-0.15, -0.1) is 0 Å². The summed E-state index contributed by atoms with van der Waals surface area (Å²) in [6.45, 7) is 1.16. The Hall–Kier alpha value is -1.80. The third-order valence-corrected chi connectivity index (χ3v) is 3.66. The highest BCUT2D eigenvalue weighted by Gasteiger charge is 2.17. The third kappa shape index (κ3) is 6.76. The summed E-state index contributed by atoms with van der Waals surface area (Å²) >= 11 is 0. The first kappa shape index (κ1) is 20.2. The number of aryl methyl sites for hydroxylation is 1. The molecular formula is C14H16B2O7S. The Kier molecular flexibility index (Phi) is 7.50. The highest BCUT2D eigenvalue weighted by Crippen LogP contribution is 2.26. The van der Waals surface area contributed by atoms with Crippen LogP contribution in [0.2, 0.25) is 0 Å². The molecule has 126 valence electrons. The first-order chi connectivity index (χ1) is 11.2. The van der Waals surface area contributed by atoms with Crippen LogP contribution in [0.25, 0.3) is 0 Å². The highest BCUT2D eigenvalue weighted by atomic mass is 32.2. The van der Waals surface area contributed by atoms with Crippen LogP contribution < -0.4 is 4.74 Å². The van der Waals surface area contributed by atoms with Crippen molar-refractivity contribution in [3.63, 3.8) is 0 Å². The lowest BCUT2D eigenvalue weighted by molar-refractivity contribution is -0.149. The van der Waals surface area contributed by atoms with Crippen LogP contribution >= 0.6 is 0 Å². The van der Waals surface area contributed by atoms with Gasteiger partial charge in [0, 0.05) is 0 Å². The fourth-order valence-corrected chi connectivity index (χ4v) is 2.22. The van der Waals surface area contributed by atoms with Gasteiger partial charge in [0.25, 0.3) is 10.1 Å². The molecule has 0 saturated heterocycles. The van der Waals surface area contributed by atoms with Crippen LogP contribution in [0, 0.1) is 6.92 Å². The van der Waals surface area contributed by atoms with Gasteiger partial charge < -0.3 is 9.47 Å². The van der Waals surface area contributed by atoms with Crippen molar-refractivity contribution in [2.24, 2.45) is 0 Å². The molecule has 0 unspecified atom stereocenters. The Balaban J connectivity index is 2.66. The van der Waals surface area contributed by atoms with Crippen molar-refractivity contribution in [3.8, 4) is 5.75 Å². The van der Waals surface area contributed by atoms with Gasteiger partial charge in [-0.25, -0.2) is 0 Å². The quantitative estimate of drug-likeness (QED) is 0.232. The zero-order valence-electron chi connectivity index (χ0n) is 13.1. The summed E-state index contributed by atoms with van der Waals surface area (Å²) in [5.41, 5.74) is 2.05. The average molecular weight is 350 g/mol. The standard InChI is InChI=1S/C14H16B2O7S/c1-9-4-10(7-15)5-11(8-16)14(9)23-13(18)6-12(17)22-2-3-24(19,20)21/h4-5H,2-3,6-8H2,1H3,(H,19,20,21). The van der Waals surface area contributed by atoms with Crippen molar-refractivity contribution in [3.05, 3.63) is 28.8 Å². The smallest absolute Gasteiger partial charge is 0.322 e. The van der Waals surface area contributed by atoms with Crippen molar-refractivity contribution >= 4 is 37.7 Å². The van der Waals surface area contributed by atoms with Crippen molar-refractivity contribution < 1.29 is 32.0 Å². The predicted octanol–water partition coefficient (Wildman–Crippen LogP) is 0.0585. The molecule has 0 spiro atoms. The molecular weight excluding hydrogens is 334 g/mol. The predicted molar refractivity (Wildman–Crippen MR) is 87.7 cm³/mol. The molecule has 1 aromatic rings. The molecule has 24 heavy (non-hydrogen) atoms. The van der Waals surface area contributed by atoms with Gasteiger partial charge in [0.15, 0.2) is 0 Å². The normalized spacial score (nSPS) is 11.1. The van der Waals surface area contributed by atoms with E-state index >= 15 is 0 Å². The van der Waals surface area contributed by atoms with Gasteiger partial charge in [0.05, 0.1) is 15.7 Å². The highest BCUT2D eigenvalue weighted by molar-refractivity contribution is 7.85. The number of benzene rings is 1. The zero-order valence-corrected chi connectivity index (χ0v) is 14.0. The minimum Gasteiger partial charge on any atom is -0.464 e. The summed E-state index contributed by atoms with van der Waals surface area (Å²) in [7, 11) is 6.95. The lowest BCUT2D eigenvalue weighted by Crippen LogP contribution is -2.20. The van der Waals surface area contributed by atoms with E-state index in [2.05, 4.69) is 4.74 Å². The molecule has 0 bridgehead atoms. The van der Waals surface area contributed by atoms with Crippen LogP contribution in [0.1, 0.15) is 23.1 Å². The van der Waals surface area contributed by atoms with Crippen LogP contribution in [0.15, 0.2) is 12.1 Å². The van der Waals surface area contributed by atoms with E-state index in [1.54, 1.807) is 19.1 Å². The van der Waals surface area contributed by atoms with E-state index in [9.17, 15) is 18.0 Å². The molecule has 1 rings (SSSR count). The van der Waals surface area contributed by atoms with Crippen molar-refractivity contribution in [1.29, 1.82) is 0 Å². The lowest BCUT2D eigenvalue weighted by Gasteiger charge is -2.14. The molecule has 0 aliphatic rings. The topological polar surface area (TPSA) is 107 Å². The summed E-state index contributed by atoms with van der Waals surface area (Å²) in [4.78, 5) is 23.2. The van der Waals surface area contributed by atoms with Gasteiger partial charge in [-0.3, -0.25) is 14.1 Å². The molecule has 0 fully saturated rings. The summed E-state index contributed by atoms with van der Waals surface area (Å²) in [6.07, 6.45) is -0.272. The molecule has 10 heteroatoms. The molecule has 7 nitrogen and oxygen atoms in total. The summed E-state index contributed by atoms with van der Waals surface area (Å²) in [6, 6.07) is 3.45. The van der Waals surface area contributed by atoms with E-state index in [-0.39, 0.29) is 12.1 Å². The van der Waals surface area contributed by atoms with E-state index in [0.717, 1.165) is 5.56 Å². The molecule has 0 aliphatic heterocycles. The molecule has 0 amide bonds. The second-order valence-corrected chi connectivity index (χ2v) is 6.54. The van der Waals surface area contributed by atoms with Gasteiger partial charge in [0.1, 0.15) is 24.5 Å². The van der Waals surface area contributed by atoms with Crippen molar-refractivity contribution in [2.45, 2.75) is 26.0 Å². The van der Waals surface area contributed by atoms with Gasteiger partial charge in [-0.1, -0.05) is 30.3 Å². The van der Waals surface area contributed by atoms with Crippen LogP contribution in [0.5, 0.6) is 5.75 Å². The number of carbonyl (C=O) groups is 2. The van der Waals surface area contributed by atoms with Gasteiger partial charge in [-0.2, -0.15) is 8.42 Å². The first-order valence-corrected chi connectivity index (χ1v) is 8.61. The Morgan fingerprint density at radius 3 is 2.38 bits per heavy atom. The van der Waals surface area contributed by atoms with Crippen molar-refractivity contribution in [1.82, 2.24) is 0 Å². The molecule has 0 heterocycles. The van der Waals surface area contributed by atoms with E-state index < -0.39 is 40.8 Å². The van der Waals surface area contributed by atoms with Crippen LogP contribution in [-0.2, 0) is 37.1 Å². The number of hydrogen-bond acceptors (Lipinski definition) is 6. The molecule has 0 atom stereocenters. The average Bonchev–Trinajstić information content (AvgIpc) is 2.47. The van der Waals surface area contributed by atoms with Gasteiger partial charge in [-0.05, 0) is 18.1 Å². The number of carbonyl (C=O) groups excluding carboxylic acids is 2. The SMILES string of the molecule is [B]Cc1cc(C)c(OC(=O)CC(=O)OCCS(=O)(=O)O)c(C[B])c1. The number of ether oxygens (including phenoxy) is 2. The summed E-state index contributed by atoms with van der Waals surface area (Å²) < 4.78 is 39.2. The minimum atomic E-state index is -4.24. The Morgan fingerprint density at radius 1 is 1.17 bits per heavy atom.